The number of hydrogen-bond donors (Lipinski definition) is 1. The molecule has 0 spiro atoms. The molecule has 1 amide bonds. The van der Waals surface area contributed by atoms with Crippen LogP contribution >= 0.6 is 0 Å². The molecule has 0 radical (unpaired) electrons. The van der Waals surface area contributed by atoms with Crippen LogP contribution in [0.25, 0.3) is 0 Å². The molecule has 1 aliphatic heterocycles. The predicted octanol–water partition coefficient (Wildman–Crippen LogP) is 2.38. The third-order valence-electron chi connectivity index (χ3n) is 5.49. The van der Waals surface area contributed by atoms with Crippen molar-refractivity contribution in [2.24, 2.45) is 5.41 Å². The quantitative estimate of drug-likeness (QED) is 0.654. The standard InChI is InChI=1S/C19H25NO5/c1-24-20(17(21)19(18(22)23)9-11-25-12-10-19)13-15-7-4-6-14-5-2-3-8-16(14)15/h2-3,5,8,15H,4,6-7,9-13H2,1H3,(H,22,23). The topological polar surface area (TPSA) is 76.1 Å². The lowest BCUT2D eigenvalue weighted by molar-refractivity contribution is -0.198. The zero-order valence-electron chi connectivity index (χ0n) is 14.6. The zero-order chi connectivity index (χ0) is 17.9. The molecule has 0 bridgehead atoms. The van der Waals surface area contributed by atoms with Gasteiger partial charge < -0.3 is 9.84 Å². The molecule has 6 nitrogen and oxygen atoms in total. The van der Waals surface area contributed by atoms with Gasteiger partial charge in [0.1, 0.15) is 0 Å². The predicted molar refractivity (Wildman–Crippen MR) is 91.0 cm³/mol. The molecule has 1 fully saturated rings. The number of benzene rings is 1. The summed E-state index contributed by atoms with van der Waals surface area (Å²) in [5, 5.41) is 11.0. The molecule has 25 heavy (non-hydrogen) atoms. The number of rotatable bonds is 5. The van der Waals surface area contributed by atoms with Gasteiger partial charge in [-0.3, -0.25) is 14.4 Å². The molecule has 6 heteroatoms. The van der Waals surface area contributed by atoms with Gasteiger partial charge in [-0.2, -0.15) is 0 Å². The number of nitrogens with zero attached hydrogens (tertiary/aromatic N) is 1. The fraction of sp³-hybridized carbons (Fsp3) is 0.579. The van der Waals surface area contributed by atoms with Crippen LogP contribution in [0.3, 0.4) is 0 Å². The van der Waals surface area contributed by atoms with Crippen LogP contribution in [-0.4, -0.2) is 48.9 Å². The fourth-order valence-electron chi connectivity index (χ4n) is 3.96. The molecule has 0 aromatic heterocycles. The highest BCUT2D eigenvalue weighted by Gasteiger charge is 2.50. The molecular formula is C19H25NO5. The summed E-state index contributed by atoms with van der Waals surface area (Å²) in [5.41, 5.74) is 1.10. The Bertz CT molecular complexity index is 638. The molecule has 1 aromatic carbocycles. The second-order valence-electron chi connectivity index (χ2n) is 6.84. The van der Waals surface area contributed by atoms with Crippen LogP contribution in [0.1, 0.15) is 42.7 Å². The molecule has 1 aliphatic carbocycles. The van der Waals surface area contributed by atoms with Gasteiger partial charge in [0.25, 0.3) is 5.91 Å². The number of carbonyl (C=O) groups is 2. The Morgan fingerprint density at radius 3 is 2.72 bits per heavy atom. The van der Waals surface area contributed by atoms with E-state index in [0.29, 0.717) is 6.54 Å². The van der Waals surface area contributed by atoms with E-state index in [-0.39, 0.29) is 32.0 Å². The van der Waals surface area contributed by atoms with E-state index in [2.05, 4.69) is 12.1 Å². The highest BCUT2D eigenvalue weighted by Crippen LogP contribution is 2.36. The Balaban J connectivity index is 1.81. The van der Waals surface area contributed by atoms with Crippen molar-refractivity contribution in [3.63, 3.8) is 0 Å². The van der Waals surface area contributed by atoms with Gasteiger partial charge in [-0.05, 0) is 43.2 Å². The van der Waals surface area contributed by atoms with E-state index < -0.39 is 17.3 Å². The van der Waals surface area contributed by atoms with Crippen LogP contribution in [0.4, 0.5) is 0 Å². The fourth-order valence-corrected chi connectivity index (χ4v) is 3.96. The lowest BCUT2D eigenvalue weighted by Crippen LogP contribution is -2.52. The first-order valence-corrected chi connectivity index (χ1v) is 8.83. The molecule has 1 aromatic rings. The molecule has 136 valence electrons. The smallest absolute Gasteiger partial charge is 0.319 e. The number of fused-ring (bicyclic) bond motifs is 1. The molecule has 1 unspecified atom stereocenters. The maximum Gasteiger partial charge on any atom is 0.319 e. The largest absolute Gasteiger partial charge is 0.480 e. The number of ether oxygens (including phenoxy) is 1. The minimum absolute atomic E-state index is 0.166. The summed E-state index contributed by atoms with van der Waals surface area (Å²) in [6.07, 6.45) is 3.44. The number of carboxylic acids is 1. The van der Waals surface area contributed by atoms with Gasteiger partial charge in [-0.25, -0.2) is 5.06 Å². The van der Waals surface area contributed by atoms with Crippen LogP contribution in [-0.2, 0) is 25.6 Å². The highest BCUT2D eigenvalue weighted by molar-refractivity contribution is 6.01. The Morgan fingerprint density at radius 2 is 2.04 bits per heavy atom. The lowest BCUT2D eigenvalue weighted by atomic mass is 9.78. The van der Waals surface area contributed by atoms with E-state index in [9.17, 15) is 14.7 Å². The number of carbonyl (C=O) groups excluding carboxylic acids is 1. The molecule has 0 saturated carbocycles. The van der Waals surface area contributed by atoms with E-state index in [0.717, 1.165) is 19.3 Å². The van der Waals surface area contributed by atoms with Crippen molar-refractivity contribution >= 4 is 11.9 Å². The number of amides is 1. The number of aliphatic carboxylic acids is 1. The van der Waals surface area contributed by atoms with Crippen LogP contribution in [0.2, 0.25) is 0 Å². The third kappa shape index (κ3) is 3.41. The summed E-state index contributed by atoms with van der Waals surface area (Å²) in [5.74, 6) is -1.39. The Kier molecular flexibility index (Phi) is 5.39. The number of hydroxylamine groups is 2. The van der Waals surface area contributed by atoms with Gasteiger partial charge in [0.05, 0.1) is 13.7 Å². The maximum atomic E-state index is 13.0. The SMILES string of the molecule is CON(CC1CCCc2ccccc21)C(=O)C1(C(=O)O)CCOCC1. The van der Waals surface area contributed by atoms with Gasteiger partial charge >= 0.3 is 5.97 Å². The van der Waals surface area contributed by atoms with Crippen LogP contribution < -0.4 is 0 Å². The summed E-state index contributed by atoms with van der Waals surface area (Å²) in [6.45, 7) is 0.936. The Hall–Kier alpha value is -1.92. The van der Waals surface area contributed by atoms with E-state index in [1.54, 1.807) is 0 Å². The van der Waals surface area contributed by atoms with Crippen molar-refractivity contribution in [1.82, 2.24) is 5.06 Å². The van der Waals surface area contributed by atoms with Crippen LogP contribution in [0, 0.1) is 5.41 Å². The Morgan fingerprint density at radius 1 is 1.32 bits per heavy atom. The second-order valence-corrected chi connectivity index (χ2v) is 6.84. The molecular weight excluding hydrogens is 322 g/mol. The van der Waals surface area contributed by atoms with Crippen molar-refractivity contribution in [3.8, 4) is 0 Å². The number of aryl methyl sites for hydroxylation is 1. The summed E-state index contributed by atoms with van der Waals surface area (Å²) in [7, 11) is 1.43. The van der Waals surface area contributed by atoms with Gasteiger partial charge in [0.15, 0.2) is 5.41 Å². The average Bonchev–Trinajstić information content (AvgIpc) is 2.66. The Labute approximate surface area is 147 Å². The van der Waals surface area contributed by atoms with Gasteiger partial charge in [-0.1, -0.05) is 24.3 Å². The monoisotopic (exact) mass is 347 g/mol. The number of carboxylic acid groups (broad SMARTS) is 1. The van der Waals surface area contributed by atoms with E-state index in [1.165, 1.54) is 23.3 Å². The van der Waals surface area contributed by atoms with E-state index in [1.807, 2.05) is 12.1 Å². The molecule has 2 aliphatic rings. The molecule has 1 atom stereocenters. The first kappa shape index (κ1) is 17.9. The molecule has 3 rings (SSSR count). The summed E-state index contributed by atoms with van der Waals surface area (Å²) in [6, 6.07) is 8.26. The third-order valence-corrected chi connectivity index (χ3v) is 5.49. The number of hydrogen-bond acceptors (Lipinski definition) is 4. The lowest BCUT2D eigenvalue weighted by Gasteiger charge is -2.37. The van der Waals surface area contributed by atoms with Gasteiger partial charge in [0, 0.05) is 19.1 Å². The second kappa shape index (κ2) is 7.54. The molecule has 1 heterocycles. The van der Waals surface area contributed by atoms with Crippen molar-refractivity contribution in [1.29, 1.82) is 0 Å². The first-order valence-electron chi connectivity index (χ1n) is 8.83. The van der Waals surface area contributed by atoms with Crippen molar-refractivity contribution < 1.29 is 24.3 Å². The van der Waals surface area contributed by atoms with Gasteiger partial charge in [-0.15, -0.1) is 0 Å². The molecule has 1 N–H and O–H groups in total. The van der Waals surface area contributed by atoms with E-state index >= 15 is 0 Å². The normalized spacial score (nSPS) is 22.0. The highest BCUT2D eigenvalue weighted by atomic mass is 16.7. The van der Waals surface area contributed by atoms with E-state index in [4.69, 9.17) is 9.57 Å². The average molecular weight is 347 g/mol. The first-order chi connectivity index (χ1) is 12.1. The zero-order valence-corrected chi connectivity index (χ0v) is 14.6. The van der Waals surface area contributed by atoms with Crippen LogP contribution in [0.15, 0.2) is 24.3 Å². The minimum Gasteiger partial charge on any atom is -0.480 e. The van der Waals surface area contributed by atoms with Crippen LogP contribution in [0.5, 0.6) is 0 Å². The van der Waals surface area contributed by atoms with Crippen molar-refractivity contribution in [3.05, 3.63) is 35.4 Å². The molecule has 1 saturated heterocycles. The van der Waals surface area contributed by atoms with Crippen molar-refractivity contribution in [2.45, 2.75) is 38.0 Å². The summed E-state index contributed by atoms with van der Waals surface area (Å²) >= 11 is 0. The van der Waals surface area contributed by atoms with Gasteiger partial charge in [0.2, 0.25) is 0 Å². The minimum atomic E-state index is -1.44. The maximum absolute atomic E-state index is 13.0. The summed E-state index contributed by atoms with van der Waals surface area (Å²) in [4.78, 5) is 30.3. The van der Waals surface area contributed by atoms with Crippen molar-refractivity contribution in [2.75, 3.05) is 26.9 Å². The summed E-state index contributed by atoms with van der Waals surface area (Å²) < 4.78 is 5.26.